The van der Waals surface area contributed by atoms with E-state index in [-0.39, 0.29) is 5.91 Å². The summed E-state index contributed by atoms with van der Waals surface area (Å²) in [7, 11) is 0. The third kappa shape index (κ3) is 1.61. The fraction of sp³-hybridized carbons (Fsp3) is 0.286. The van der Waals surface area contributed by atoms with Crippen molar-refractivity contribution < 1.29 is 9.90 Å². The molecule has 6 nitrogen and oxygen atoms in total. The topological polar surface area (TPSA) is 70.4 Å². The molecule has 0 fully saturated rings. The van der Waals surface area contributed by atoms with Gasteiger partial charge in [0.05, 0.1) is 6.54 Å². The van der Waals surface area contributed by atoms with Crippen molar-refractivity contribution in [2.75, 3.05) is 16.8 Å². The highest BCUT2D eigenvalue weighted by Crippen LogP contribution is 2.34. The lowest BCUT2D eigenvalue weighted by Gasteiger charge is -2.29. The number of aliphatic hydroxyl groups is 1. The fourth-order valence-electron chi connectivity index (χ4n) is 2.82. The number of anilines is 2. The molecule has 0 radical (unpaired) electrons. The molecule has 0 aliphatic carbocycles. The van der Waals surface area contributed by atoms with Crippen LogP contribution in [-0.4, -0.2) is 27.1 Å². The number of amides is 1. The van der Waals surface area contributed by atoms with Gasteiger partial charge < -0.3 is 19.9 Å². The van der Waals surface area contributed by atoms with Crippen molar-refractivity contribution in [3.63, 3.8) is 0 Å². The number of carbonyl (C=O) groups is 1. The molecule has 2 aromatic rings. The van der Waals surface area contributed by atoms with Gasteiger partial charge in [0.2, 0.25) is 0 Å². The molecule has 6 heteroatoms. The minimum absolute atomic E-state index is 0.355. The molecule has 0 saturated carbocycles. The highest BCUT2D eigenvalue weighted by atomic mass is 16.3. The zero-order valence-corrected chi connectivity index (χ0v) is 10.8. The molecule has 4 rings (SSSR count). The van der Waals surface area contributed by atoms with Crippen molar-refractivity contribution in [2.45, 2.75) is 19.2 Å². The number of aromatic nitrogens is 2. The first-order valence-corrected chi connectivity index (χ1v) is 6.60. The van der Waals surface area contributed by atoms with Crippen LogP contribution in [0, 0.1) is 0 Å². The van der Waals surface area contributed by atoms with Crippen LogP contribution in [0.1, 0.15) is 17.5 Å². The van der Waals surface area contributed by atoms with Gasteiger partial charge in [-0.1, -0.05) is 6.07 Å². The number of hydrogen-bond donors (Lipinski definition) is 2. The van der Waals surface area contributed by atoms with Gasteiger partial charge in [0.15, 0.2) is 6.10 Å². The molecule has 0 saturated heterocycles. The largest absolute Gasteiger partial charge is 0.378 e. The number of rotatable bonds is 1. The fourth-order valence-corrected chi connectivity index (χ4v) is 2.82. The minimum atomic E-state index is -1.04. The van der Waals surface area contributed by atoms with Crippen LogP contribution in [0.3, 0.4) is 0 Å². The van der Waals surface area contributed by atoms with Gasteiger partial charge in [0.1, 0.15) is 5.82 Å². The van der Waals surface area contributed by atoms with Gasteiger partial charge in [-0.2, -0.15) is 0 Å². The lowest BCUT2D eigenvalue weighted by atomic mass is 10.1. The van der Waals surface area contributed by atoms with Gasteiger partial charge in [-0.3, -0.25) is 4.79 Å². The van der Waals surface area contributed by atoms with Crippen LogP contribution in [0.15, 0.2) is 30.6 Å². The Labute approximate surface area is 115 Å². The van der Waals surface area contributed by atoms with E-state index in [4.69, 9.17) is 0 Å². The minimum Gasteiger partial charge on any atom is -0.378 e. The summed E-state index contributed by atoms with van der Waals surface area (Å²) in [6.45, 7) is 2.56. The quantitative estimate of drug-likeness (QED) is 0.807. The summed E-state index contributed by atoms with van der Waals surface area (Å²) in [5.41, 5.74) is 2.39. The number of imidazole rings is 1. The van der Waals surface area contributed by atoms with E-state index in [1.54, 1.807) is 0 Å². The first-order valence-electron chi connectivity index (χ1n) is 6.60. The number of hydrogen-bond acceptors (Lipinski definition) is 4. The molecule has 0 spiro atoms. The molecule has 0 bridgehead atoms. The Morgan fingerprint density at radius 2 is 2.25 bits per heavy atom. The molecule has 1 aromatic heterocycles. The lowest BCUT2D eigenvalue weighted by molar-refractivity contribution is -0.123. The van der Waals surface area contributed by atoms with E-state index < -0.39 is 6.10 Å². The van der Waals surface area contributed by atoms with Crippen molar-refractivity contribution in [1.82, 2.24) is 9.55 Å². The van der Waals surface area contributed by atoms with E-state index in [0.29, 0.717) is 11.3 Å². The van der Waals surface area contributed by atoms with E-state index in [2.05, 4.69) is 19.8 Å². The molecule has 3 heterocycles. The molecule has 1 amide bonds. The Morgan fingerprint density at radius 1 is 1.35 bits per heavy atom. The molecule has 1 unspecified atom stereocenters. The third-order valence-electron chi connectivity index (χ3n) is 3.95. The molecule has 2 aliphatic heterocycles. The van der Waals surface area contributed by atoms with Crippen molar-refractivity contribution in [2.24, 2.45) is 0 Å². The van der Waals surface area contributed by atoms with Crippen molar-refractivity contribution in [1.29, 1.82) is 0 Å². The summed E-state index contributed by atoms with van der Waals surface area (Å²) in [5.74, 6) is 0.687. The summed E-state index contributed by atoms with van der Waals surface area (Å²) in [6.07, 6.45) is 2.77. The molecular formula is C14H14N4O2. The summed E-state index contributed by atoms with van der Waals surface area (Å²) in [4.78, 5) is 18.0. The number of nitrogens with zero attached hydrogens (tertiary/aromatic N) is 3. The SMILES string of the molecule is O=C1Nc2cc(N3CCn4ccnc4C3)ccc2C1O. The van der Waals surface area contributed by atoms with E-state index in [1.165, 1.54) is 0 Å². The Kier molecular flexibility index (Phi) is 2.34. The maximum absolute atomic E-state index is 11.5. The average Bonchev–Trinajstić information content (AvgIpc) is 3.03. The second-order valence-corrected chi connectivity index (χ2v) is 5.12. The van der Waals surface area contributed by atoms with Crippen molar-refractivity contribution in [3.05, 3.63) is 42.0 Å². The van der Waals surface area contributed by atoms with Crippen LogP contribution < -0.4 is 10.2 Å². The maximum atomic E-state index is 11.5. The predicted molar refractivity (Wildman–Crippen MR) is 73.3 cm³/mol. The maximum Gasteiger partial charge on any atom is 0.257 e. The van der Waals surface area contributed by atoms with Gasteiger partial charge in [-0.25, -0.2) is 4.98 Å². The summed E-state index contributed by atoms with van der Waals surface area (Å²) in [5, 5.41) is 12.4. The number of carbonyl (C=O) groups excluding carboxylic acids is 1. The highest BCUT2D eigenvalue weighted by Gasteiger charge is 2.29. The second-order valence-electron chi connectivity index (χ2n) is 5.12. The Morgan fingerprint density at radius 3 is 3.15 bits per heavy atom. The number of aliphatic hydroxyl groups excluding tert-OH is 1. The molecule has 20 heavy (non-hydrogen) atoms. The van der Waals surface area contributed by atoms with Crippen LogP contribution >= 0.6 is 0 Å². The zero-order chi connectivity index (χ0) is 13.7. The van der Waals surface area contributed by atoms with E-state index in [1.807, 2.05) is 30.6 Å². The normalized spacial score (nSPS) is 20.6. The first-order chi connectivity index (χ1) is 9.72. The van der Waals surface area contributed by atoms with Crippen LogP contribution in [0.4, 0.5) is 11.4 Å². The molecule has 1 aromatic carbocycles. The lowest BCUT2D eigenvalue weighted by Crippen LogP contribution is -2.33. The average molecular weight is 270 g/mol. The molecule has 1 atom stereocenters. The second kappa shape index (κ2) is 4.08. The van der Waals surface area contributed by atoms with E-state index >= 15 is 0 Å². The number of benzene rings is 1. The van der Waals surface area contributed by atoms with Crippen molar-refractivity contribution in [3.8, 4) is 0 Å². The Hall–Kier alpha value is -2.34. The molecular weight excluding hydrogens is 256 g/mol. The predicted octanol–water partition coefficient (Wildman–Crippen LogP) is 0.889. The smallest absolute Gasteiger partial charge is 0.257 e. The number of nitrogens with one attached hydrogen (secondary N) is 1. The van der Waals surface area contributed by atoms with Crippen LogP contribution in [0.2, 0.25) is 0 Å². The number of fused-ring (bicyclic) bond motifs is 2. The van der Waals surface area contributed by atoms with Crippen LogP contribution in [0.5, 0.6) is 0 Å². The van der Waals surface area contributed by atoms with E-state index in [0.717, 1.165) is 31.1 Å². The van der Waals surface area contributed by atoms with Gasteiger partial charge in [-0.05, 0) is 12.1 Å². The molecule has 2 aliphatic rings. The Balaban J connectivity index is 1.65. The van der Waals surface area contributed by atoms with Crippen LogP contribution in [-0.2, 0) is 17.9 Å². The molecule has 102 valence electrons. The monoisotopic (exact) mass is 270 g/mol. The highest BCUT2D eigenvalue weighted by molar-refractivity contribution is 6.02. The van der Waals surface area contributed by atoms with Gasteiger partial charge in [0.25, 0.3) is 5.91 Å². The zero-order valence-electron chi connectivity index (χ0n) is 10.8. The first kappa shape index (κ1) is 11.5. The molecule has 2 N–H and O–H groups in total. The van der Waals surface area contributed by atoms with Crippen molar-refractivity contribution >= 4 is 17.3 Å². The third-order valence-corrected chi connectivity index (χ3v) is 3.95. The van der Waals surface area contributed by atoms with Gasteiger partial charge in [0, 0.05) is 42.4 Å². The standard InChI is InChI=1S/C14H14N4O2/c19-13-10-2-1-9(7-11(10)16-14(13)20)18-6-5-17-4-3-15-12(17)8-18/h1-4,7,13,19H,5-6,8H2,(H,16,20). The van der Waals surface area contributed by atoms with Crippen LogP contribution in [0.25, 0.3) is 0 Å². The summed E-state index contributed by atoms with van der Waals surface area (Å²) < 4.78 is 2.15. The van der Waals surface area contributed by atoms with Gasteiger partial charge >= 0.3 is 0 Å². The van der Waals surface area contributed by atoms with Gasteiger partial charge in [-0.15, -0.1) is 0 Å². The Bertz CT molecular complexity index is 694. The summed E-state index contributed by atoms with van der Waals surface area (Å²) >= 11 is 0. The summed E-state index contributed by atoms with van der Waals surface area (Å²) in [6, 6.07) is 5.68. The van der Waals surface area contributed by atoms with E-state index in [9.17, 15) is 9.90 Å².